The second-order valence-corrected chi connectivity index (χ2v) is 7.75. The monoisotopic (exact) mass is 368 g/mol. The summed E-state index contributed by atoms with van der Waals surface area (Å²) < 4.78 is 0. The van der Waals surface area contributed by atoms with Gasteiger partial charge in [-0.05, 0) is 61.8 Å². The fourth-order valence-corrected chi connectivity index (χ4v) is 3.62. The Balaban J connectivity index is 2.24. The highest BCUT2D eigenvalue weighted by Gasteiger charge is 2.29. The number of H-pyrrole nitrogens is 1. The molecule has 1 saturated carbocycles. The minimum Gasteiger partial charge on any atom is -0.326 e. The van der Waals surface area contributed by atoms with E-state index in [9.17, 15) is 14.9 Å². The Morgan fingerprint density at radius 2 is 2.04 bits per heavy atom. The molecule has 1 heterocycles. The normalized spacial score (nSPS) is 13.7. The number of aromatic amines is 1. The summed E-state index contributed by atoms with van der Waals surface area (Å²) in [5.41, 5.74) is 3.11. The van der Waals surface area contributed by atoms with Crippen molar-refractivity contribution in [3.63, 3.8) is 0 Å². The zero-order chi connectivity index (χ0) is 19.0. The molecule has 1 fully saturated rings. The van der Waals surface area contributed by atoms with Crippen molar-refractivity contribution < 1.29 is 4.79 Å². The van der Waals surface area contributed by atoms with Gasteiger partial charge in [0.15, 0.2) is 5.78 Å². The van der Waals surface area contributed by atoms with Gasteiger partial charge in [0.05, 0.1) is 11.6 Å². The standard InChI is InChI=1S/C21H21ClN2O2/c1-11(2)18-19(17(8-13-4-5-13)12(3)24-21(18)26)20(25)15-6-14(10-23)7-16(22)9-15/h6-7,9,11,13H,4-5,8H2,1-3H3,(H,24,26). The summed E-state index contributed by atoms with van der Waals surface area (Å²) in [5.74, 6) is 0.239. The second kappa shape index (κ2) is 7.09. The molecule has 1 aromatic carbocycles. The number of aromatic nitrogens is 1. The first-order valence-corrected chi connectivity index (χ1v) is 9.20. The van der Waals surface area contributed by atoms with E-state index in [1.165, 1.54) is 12.1 Å². The third kappa shape index (κ3) is 3.59. The summed E-state index contributed by atoms with van der Waals surface area (Å²) in [7, 11) is 0. The Morgan fingerprint density at radius 1 is 1.35 bits per heavy atom. The van der Waals surface area contributed by atoms with Crippen LogP contribution in [0.15, 0.2) is 23.0 Å². The van der Waals surface area contributed by atoms with Gasteiger partial charge in [0.25, 0.3) is 5.56 Å². The Morgan fingerprint density at radius 3 is 2.62 bits per heavy atom. The number of halogens is 1. The van der Waals surface area contributed by atoms with Crippen LogP contribution in [0, 0.1) is 24.2 Å². The van der Waals surface area contributed by atoms with E-state index in [-0.39, 0.29) is 17.3 Å². The molecule has 134 valence electrons. The summed E-state index contributed by atoms with van der Waals surface area (Å²) in [6.45, 7) is 5.67. The van der Waals surface area contributed by atoms with Gasteiger partial charge in [-0.1, -0.05) is 25.4 Å². The van der Waals surface area contributed by atoms with Gasteiger partial charge in [-0.15, -0.1) is 0 Å². The number of carbonyl (C=O) groups is 1. The number of carbonyl (C=O) groups excluding carboxylic acids is 1. The average molecular weight is 369 g/mol. The number of aryl methyl sites for hydroxylation is 1. The van der Waals surface area contributed by atoms with E-state index in [4.69, 9.17) is 11.6 Å². The third-order valence-corrected chi connectivity index (χ3v) is 5.07. The number of hydrogen-bond donors (Lipinski definition) is 1. The van der Waals surface area contributed by atoms with Gasteiger partial charge >= 0.3 is 0 Å². The van der Waals surface area contributed by atoms with E-state index in [2.05, 4.69) is 4.98 Å². The van der Waals surface area contributed by atoms with E-state index in [1.807, 2.05) is 26.8 Å². The van der Waals surface area contributed by atoms with Crippen LogP contribution >= 0.6 is 11.6 Å². The first-order valence-electron chi connectivity index (χ1n) is 8.82. The number of nitrogens with zero attached hydrogens (tertiary/aromatic N) is 1. The van der Waals surface area contributed by atoms with Crippen molar-refractivity contribution in [2.75, 3.05) is 0 Å². The molecule has 26 heavy (non-hydrogen) atoms. The molecular weight excluding hydrogens is 348 g/mol. The van der Waals surface area contributed by atoms with E-state index in [0.29, 0.717) is 33.2 Å². The first-order chi connectivity index (χ1) is 12.3. The van der Waals surface area contributed by atoms with Crippen LogP contribution in [0.3, 0.4) is 0 Å². The Labute approximate surface area is 157 Å². The summed E-state index contributed by atoms with van der Waals surface area (Å²) in [6.07, 6.45) is 3.09. The lowest BCUT2D eigenvalue weighted by molar-refractivity contribution is 0.103. The number of nitrogens with one attached hydrogen (secondary N) is 1. The molecule has 0 amide bonds. The van der Waals surface area contributed by atoms with Crippen LogP contribution in [-0.4, -0.2) is 10.8 Å². The minimum atomic E-state index is -0.238. The van der Waals surface area contributed by atoms with Gasteiger partial charge in [-0.25, -0.2) is 0 Å². The molecule has 0 unspecified atom stereocenters. The van der Waals surface area contributed by atoms with Gasteiger partial charge in [0.1, 0.15) is 0 Å². The molecule has 1 N–H and O–H groups in total. The third-order valence-electron chi connectivity index (χ3n) is 4.85. The van der Waals surface area contributed by atoms with Crippen molar-refractivity contribution in [1.29, 1.82) is 5.26 Å². The van der Waals surface area contributed by atoms with Gasteiger partial charge in [-0.3, -0.25) is 9.59 Å². The predicted octanol–water partition coefficient (Wildman–Crippen LogP) is 4.52. The number of benzene rings is 1. The fraction of sp³-hybridized carbons (Fsp3) is 0.381. The molecule has 0 atom stereocenters. The highest BCUT2D eigenvalue weighted by atomic mass is 35.5. The highest BCUT2D eigenvalue weighted by molar-refractivity contribution is 6.31. The summed E-state index contributed by atoms with van der Waals surface area (Å²) >= 11 is 6.09. The van der Waals surface area contributed by atoms with E-state index >= 15 is 0 Å². The number of hydrogen-bond acceptors (Lipinski definition) is 3. The molecule has 2 aromatic rings. The molecule has 1 aromatic heterocycles. The summed E-state index contributed by atoms with van der Waals surface area (Å²) in [4.78, 5) is 28.9. The van der Waals surface area contributed by atoms with Crippen LogP contribution in [-0.2, 0) is 6.42 Å². The van der Waals surface area contributed by atoms with Crippen LogP contribution < -0.4 is 5.56 Å². The van der Waals surface area contributed by atoms with Crippen LogP contribution in [0.5, 0.6) is 0 Å². The number of nitriles is 1. The largest absolute Gasteiger partial charge is 0.326 e. The lowest BCUT2D eigenvalue weighted by Crippen LogP contribution is -2.24. The van der Waals surface area contributed by atoms with Crippen molar-refractivity contribution in [3.8, 4) is 6.07 Å². The fourth-order valence-electron chi connectivity index (χ4n) is 3.38. The Hall–Kier alpha value is -2.38. The maximum Gasteiger partial charge on any atom is 0.252 e. The number of ketones is 1. The molecule has 3 rings (SSSR count). The van der Waals surface area contributed by atoms with Crippen molar-refractivity contribution in [2.24, 2.45) is 5.92 Å². The average Bonchev–Trinajstić information content (AvgIpc) is 3.39. The topological polar surface area (TPSA) is 73.7 Å². The van der Waals surface area contributed by atoms with Crippen LogP contribution in [0.1, 0.15) is 70.9 Å². The molecular formula is C21H21ClN2O2. The molecule has 1 aliphatic rings. The quantitative estimate of drug-likeness (QED) is 0.788. The smallest absolute Gasteiger partial charge is 0.252 e. The highest BCUT2D eigenvalue weighted by Crippen LogP contribution is 2.36. The molecule has 1 aliphatic carbocycles. The Bertz CT molecular complexity index is 979. The van der Waals surface area contributed by atoms with Crippen molar-refractivity contribution in [3.05, 3.63) is 67.1 Å². The Kier molecular flexibility index (Phi) is 5.02. The maximum absolute atomic E-state index is 13.4. The minimum absolute atomic E-state index is 0.0918. The van der Waals surface area contributed by atoms with Crippen LogP contribution in [0.2, 0.25) is 5.02 Å². The van der Waals surface area contributed by atoms with E-state index in [1.54, 1.807) is 6.07 Å². The van der Waals surface area contributed by atoms with Crippen molar-refractivity contribution in [2.45, 2.75) is 46.0 Å². The van der Waals surface area contributed by atoms with E-state index < -0.39 is 0 Å². The molecule has 0 radical (unpaired) electrons. The molecule has 0 saturated heterocycles. The summed E-state index contributed by atoms with van der Waals surface area (Å²) in [6, 6.07) is 6.65. The molecule has 0 aliphatic heterocycles. The van der Waals surface area contributed by atoms with Gasteiger partial charge < -0.3 is 4.98 Å². The van der Waals surface area contributed by atoms with Gasteiger partial charge in [0.2, 0.25) is 0 Å². The van der Waals surface area contributed by atoms with Crippen molar-refractivity contribution >= 4 is 17.4 Å². The number of pyridine rings is 1. The first kappa shape index (κ1) is 18.4. The molecule has 0 bridgehead atoms. The molecule has 0 spiro atoms. The molecule has 5 heteroatoms. The van der Waals surface area contributed by atoms with Gasteiger partial charge in [-0.2, -0.15) is 5.26 Å². The summed E-state index contributed by atoms with van der Waals surface area (Å²) in [5, 5.41) is 9.51. The zero-order valence-electron chi connectivity index (χ0n) is 15.1. The van der Waals surface area contributed by atoms with Gasteiger partial charge in [0, 0.05) is 27.4 Å². The van der Waals surface area contributed by atoms with Crippen molar-refractivity contribution in [1.82, 2.24) is 4.98 Å². The number of rotatable bonds is 5. The zero-order valence-corrected chi connectivity index (χ0v) is 15.9. The van der Waals surface area contributed by atoms with Crippen LogP contribution in [0.25, 0.3) is 0 Å². The second-order valence-electron chi connectivity index (χ2n) is 7.32. The SMILES string of the molecule is Cc1[nH]c(=O)c(C(C)C)c(C(=O)c2cc(Cl)cc(C#N)c2)c1CC1CC1. The molecule has 4 nitrogen and oxygen atoms in total. The lowest BCUT2D eigenvalue weighted by Gasteiger charge is -2.18. The maximum atomic E-state index is 13.4. The lowest BCUT2D eigenvalue weighted by atomic mass is 9.86. The van der Waals surface area contributed by atoms with Crippen LogP contribution in [0.4, 0.5) is 0 Å². The predicted molar refractivity (Wildman–Crippen MR) is 102 cm³/mol. The van der Waals surface area contributed by atoms with E-state index in [0.717, 1.165) is 30.5 Å².